The third-order valence-corrected chi connectivity index (χ3v) is 3.06. The number of hydrazine groups is 1. The van der Waals surface area contributed by atoms with Crippen LogP contribution in [0.2, 0.25) is 0 Å². The molecule has 3 N–H and O–H groups in total. The quantitative estimate of drug-likeness (QED) is 0.335. The smallest absolute Gasteiger partial charge is 0.255 e. The van der Waals surface area contributed by atoms with E-state index in [-0.39, 0.29) is 11.9 Å². The molecule has 0 aromatic heterocycles. The van der Waals surface area contributed by atoms with Crippen molar-refractivity contribution in [3.05, 3.63) is 35.9 Å². The number of amides is 1. The van der Waals surface area contributed by atoms with Gasteiger partial charge in [-0.2, -0.15) is 0 Å². The Kier molecular flexibility index (Phi) is 6.39. The molecule has 0 spiro atoms. The summed E-state index contributed by atoms with van der Waals surface area (Å²) in [5.41, 5.74) is 3.23. The molecule has 4 nitrogen and oxygen atoms in total. The van der Waals surface area contributed by atoms with Crippen LogP contribution in [0.15, 0.2) is 30.3 Å². The Hall–Kier alpha value is -1.39. The topological polar surface area (TPSA) is 58.4 Å². The number of nitrogens with two attached hydrogens (primary N) is 1. The molecule has 0 aliphatic heterocycles. The minimum Gasteiger partial charge on any atom is -0.293 e. The number of unbranched alkanes of at least 4 members (excludes halogenated alkanes) is 2. The summed E-state index contributed by atoms with van der Waals surface area (Å²) >= 11 is 0. The van der Waals surface area contributed by atoms with Crippen LogP contribution in [0.25, 0.3) is 0 Å². The number of benzene rings is 1. The first kappa shape index (κ1) is 14.7. The highest BCUT2D eigenvalue weighted by molar-refractivity contribution is 5.82. The van der Waals surface area contributed by atoms with Crippen LogP contribution < -0.4 is 11.3 Å². The van der Waals surface area contributed by atoms with Crippen LogP contribution in [-0.4, -0.2) is 24.4 Å². The summed E-state index contributed by atoms with van der Waals surface area (Å²) in [6, 6.07) is 9.41. The molecule has 1 unspecified atom stereocenters. The van der Waals surface area contributed by atoms with E-state index in [1.807, 2.05) is 42.3 Å². The lowest BCUT2D eigenvalue weighted by Gasteiger charge is -2.26. The molecule has 0 bridgehead atoms. The van der Waals surface area contributed by atoms with Gasteiger partial charge in [-0.15, -0.1) is 0 Å². The van der Waals surface area contributed by atoms with Gasteiger partial charge in [0, 0.05) is 0 Å². The van der Waals surface area contributed by atoms with Gasteiger partial charge >= 0.3 is 0 Å². The number of nitrogens with one attached hydrogen (secondary N) is 1. The monoisotopic (exact) mass is 249 g/mol. The van der Waals surface area contributed by atoms with Gasteiger partial charge < -0.3 is 0 Å². The zero-order valence-electron chi connectivity index (χ0n) is 11.2. The molecule has 0 aliphatic rings. The van der Waals surface area contributed by atoms with Gasteiger partial charge in [0.05, 0.1) is 0 Å². The molecular formula is C14H23N3O. The van der Waals surface area contributed by atoms with Crippen molar-refractivity contribution in [2.45, 2.75) is 32.2 Å². The minimum atomic E-state index is -0.312. The summed E-state index contributed by atoms with van der Waals surface area (Å²) in [5, 5.41) is 0. The van der Waals surface area contributed by atoms with Gasteiger partial charge in [0.1, 0.15) is 6.04 Å². The average molecular weight is 249 g/mol. The van der Waals surface area contributed by atoms with E-state index in [0.29, 0.717) is 0 Å². The van der Waals surface area contributed by atoms with Crippen molar-refractivity contribution in [1.29, 1.82) is 0 Å². The average Bonchev–Trinajstić information content (AvgIpc) is 2.40. The normalized spacial score (nSPS) is 12.4. The van der Waals surface area contributed by atoms with Gasteiger partial charge in [0.25, 0.3) is 5.91 Å². The summed E-state index contributed by atoms with van der Waals surface area (Å²) in [5.74, 6) is 5.11. The fraction of sp³-hybridized carbons (Fsp3) is 0.500. The number of rotatable bonds is 7. The number of hydrogen-bond acceptors (Lipinski definition) is 3. The summed E-state index contributed by atoms with van der Waals surface area (Å²) in [6.07, 6.45) is 3.44. The van der Waals surface area contributed by atoms with Crippen molar-refractivity contribution in [2.75, 3.05) is 13.6 Å². The van der Waals surface area contributed by atoms with E-state index in [1.54, 1.807) is 0 Å². The number of nitrogens with zero attached hydrogens (tertiary/aromatic N) is 1. The molecule has 18 heavy (non-hydrogen) atoms. The molecule has 100 valence electrons. The van der Waals surface area contributed by atoms with Crippen LogP contribution in [0.4, 0.5) is 0 Å². The molecule has 1 aromatic rings. The largest absolute Gasteiger partial charge is 0.293 e. The van der Waals surface area contributed by atoms with Crippen molar-refractivity contribution >= 4 is 5.91 Å². The second-order valence-electron chi connectivity index (χ2n) is 4.51. The predicted molar refractivity (Wildman–Crippen MR) is 73.7 cm³/mol. The maximum absolute atomic E-state index is 11.9. The summed E-state index contributed by atoms with van der Waals surface area (Å²) < 4.78 is 0. The summed E-state index contributed by atoms with van der Waals surface area (Å²) in [6.45, 7) is 3.06. The van der Waals surface area contributed by atoms with Crippen molar-refractivity contribution in [3.63, 3.8) is 0 Å². The van der Waals surface area contributed by atoms with Crippen LogP contribution in [0.3, 0.4) is 0 Å². The zero-order valence-corrected chi connectivity index (χ0v) is 11.2. The fourth-order valence-electron chi connectivity index (χ4n) is 2.06. The van der Waals surface area contributed by atoms with E-state index in [1.165, 1.54) is 12.8 Å². The fourth-order valence-corrected chi connectivity index (χ4v) is 2.06. The zero-order chi connectivity index (χ0) is 13.4. The van der Waals surface area contributed by atoms with Crippen molar-refractivity contribution < 1.29 is 4.79 Å². The van der Waals surface area contributed by atoms with Crippen molar-refractivity contribution in [3.8, 4) is 0 Å². The van der Waals surface area contributed by atoms with E-state index >= 15 is 0 Å². The standard InChI is InChI=1S/C14H23N3O/c1-3-4-8-11-17(2)13(14(18)16-15)12-9-6-5-7-10-12/h5-7,9-10,13H,3-4,8,11,15H2,1-2H3,(H,16,18). The van der Waals surface area contributed by atoms with Gasteiger partial charge in [0.2, 0.25) is 0 Å². The van der Waals surface area contributed by atoms with Crippen molar-refractivity contribution in [1.82, 2.24) is 10.3 Å². The maximum Gasteiger partial charge on any atom is 0.255 e. The molecule has 0 heterocycles. The third-order valence-electron chi connectivity index (χ3n) is 3.06. The highest BCUT2D eigenvalue weighted by Crippen LogP contribution is 2.19. The Balaban J connectivity index is 2.76. The molecule has 1 amide bonds. The molecule has 0 saturated heterocycles. The Morgan fingerprint density at radius 2 is 2.00 bits per heavy atom. The molecular weight excluding hydrogens is 226 g/mol. The van der Waals surface area contributed by atoms with Gasteiger partial charge in [-0.3, -0.25) is 15.1 Å². The molecule has 1 atom stereocenters. The summed E-state index contributed by atoms with van der Waals surface area (Å²) in [4.78, 5) is 14.0. The molecule has 0 saturated carbocycles. The van der Waals surface area contributed by atoms with Crippen LogP contribution in [0.1, 0.15) is 37.8 Å². The first-order chi connectivity index (χ1) is 8.70. The van der Waals surface area contributed by atoms with Crippen LogP contribution in [-0.2, 0) is 4.79 Å². The Bertz CT molecular complexity index is 353. The van der Waals surface area contributed by atoms with Gasteiger partial charge in [-0.05, 0) is 25.6 Å². The summed E-state index contributed by atoms with van der Waals surface area (Å²) in [7, 11) is 1.96. The highest BCUT2D eigenvalue weighted by Gasteiger charge is 2.23. The Labute approximate surface area is 109 Å². The number of likely N-dealkylation sites (N-methyl/N-ethyl adjacent to an activating group) is 1. The van der Waals surface area contributed by atoms with E-state index in [9.17, 15) is 4.79 Å². The lowest BCUT2D eigenvalue weighted by Crippen LogP contribution is -2.42. The first-order valence-corrected chi connectivity index (χ1v) is 6.46. The predicted octanol–water partition coefficient (Wildman–Crippen LogP) is 1.84. The van der Waals surface area contributed by atoms with Crippen LogP contribution >= 0.6 is 0 Å². The van der Waals surface area contributed by atoms with Crippen molar-refractivity contribution in [2.24, 2.45) is 5.84 Å². The second kappa shape index (κ2) is 7.84. The lowest BCUT2D eigenvalue weighted by molar-refractivity contribution is -0.126. The van der Waals surface area contributed by atoms with E-state index in [2.05, 4.69) is 12.3 Å². The third kappa shape index (κ3) is 4.13. The van der Waals surface area contributed by atoms with E-state index in [4.69, 9.17) is 5.84 Å². The SMILES string of the molecule is CCCCCN(C)C(C(=O)NN)c1ccccc1. The second-order valence-corrected chi connectivity index (χ2v) is 4.51. The van der Waals surface area contributed by atoms with Crippen LogP contribution in [0, 0.1) is 0 Å². The van der Waals surface area contributed by atoms with E-state index in [0.717, 1.165) is 18.5 Å². The Morgan fingerprint density at radius 1 is 1.33 bits per heavy atom. The number of carbonyl (C=O) groups is 1. The molecule has 1 aromatic carbocycles. The van der Waals surface area contributed by atoms with E-state index < -0.39 is 0 Å². The molecule has 0 aliphatic carbocycles. The molecule has 4 heteroatoms. The number of hydrogen-bond donors (Lipinski definition) is 2. The highest BCUT2D eigenvalue weighted by atomic mass is 16.2. The van der Waals surface area contributed by atoms with Gasteiger partial charge in [-0.25, -0.2) is 5.84 Å². The molecule has 0 radical (unpaired) electrons. The van der Waals surface area contributed by atoms with Gasteiger partial charge in [-0.1, -0.05) is 50.1 Å². The minimum absolute atomic E-state index is 0.166. The first-order valence-electron chi connectivity index (χ1n) is 6.46. The number of carbonyl (C=O) groups excluding carboxylic acids is 1. The Morgan fingerprint density at radius 3 is 2.56 bits per heavy atom. The maximum atomic E-state index is 11.9. The van der Waals surface area contributed by atoms with Gasteiger partial charge in [0.15, 0.2) is 0 Å². The molecule has 1 rings (SSSR count). The molecule has 0 fully saturated rings. The lowest BCUT2D eigenvalue weighted by atomic mass is 10.0. The van der Waals surface area contributed by atoms with Crippen LogP contribution in [0.5, 0.6) is 0 Å².